The Kier molecular flexibility index (Phi) is 4.65. The predicted molar refractivity (Wildman–Crippen MR) is 102 cm³/mol. The van der Waals surface area contributed by atoms with Crippen molar-refractivity contribution in [3.63, 3.8) is 0 Å². The molecule has 0 unspecified atom stereocenters. The third-order valence-electron chi connectivity index (χ3n) is 4.48. The monoisotopic (exact) mass is 360 g/mol. The summed E-state index contributed by atoms with van der Waals surface area (Å²) in [6, 6.07) is 13.6. The number of nitrogens with zero attached hydrogens (tertiary/aromatic N) is 5. The van der Waals surface area contributed by atoms with Gasteiger partial charge in [-0.15, -0.1) is 0 Å². The number of rotatable bonds is 6. The Labute approximate surface area is 156 Å². The number of carbonyl (C=O) groups excluding carboxylic acids is 1. The standard InChI is InChI=1S/C20H20N6O/c1-15(26-11-5-10-24-26)12-19(27)22-13-16-6-4-9-21-20(16)25-14-23-17-7-2-3-8-18(17)25/h2-11,14-15H,12-13H2,1H3,(H,22,27)/t15-/m1/s1. The first kappa shape index (κ1) is 17.0. The van der Waals surface area contributed by atoms with Gasteiger partial charge in [-0.3, -0.25) is 14.0 Å². The Balaban J connectivity index is 1.49. The molecular weight excluding hydrogens is 340 g/mol. The lowest BCUT2D eigenvalue weighted by atomic mass is 10.2. The Morgan fingerprint density at radius 3 is 2.85 bits per heavy atom. The van der Waals surface area contributed by atoms with Crippen molar-refractivity contribution in [3.05, 3.63) is 72.9 Å². The van der Waals surface area contributed by atoms with E-state index in [1.165, 1.54) is 0 Å². The van der Waals surface area contributed by atoms with E-state index in [4.69, 9.17) is 0 Å². The number of pyridine rings is 1. The van der Waals surface area contributed by atoms with E-state index in [2.05, 4.69) is 20.4 Å². The second kappa shape index (κ2) is 7.41. The van der Waals surface area contributed by atoms with Crippen molar-refractivity contribution >= 4 is 16.9 Å². The summed E-state index contributed by atoms with van der Waals surface area (Å²) in [7, 11) is 0. The van der Waals surface area contributed by atoms with E-state index in [0.29, 0.717) is 13.0 Å². The van der Waals surface area contributed by atoms with Crippen molar-refractivity contribution in [2.75, 3.05) is 0 Å². The van der Waals surface area contributed by atoms with Crippen LogP contribution in [0.15, 0.2) is 67.4 Å². The van der Waals surface area contributed by atoms with Crippen LogP contribution in [0.25, 0.3) is 16.9 Å². The molecule has 7 heteroatoms. The van der Waals surface area contributed by atoms with Crippen LogP contribution in [0.2, 0.25) is 0 Å². The normalized spacial score (nSPS) is 12.2. The molecule has 1 atom stereocenters. The highest BCUT2D eigenvalue weighted by Crippen LogP contribution is 2.19. The molecule has 4 aromatic rings. The van der Waals surface area contributed by atoms with Crippen molar-refractivity contribution in [1.82, 2.24) is 29.6 Å². The van der Waals surface area contributed by atoms with E-state index in [1.54, 1.807) is 23.4 Å². The van der Waals surface area contributed by atoms with Crippen LogP contribution in [-0.2, 0) is 11.3 Å². The summed E-state index contributed by atoms with van der Waals surface area (Å²) in [5.41, 5.74) is 2.82. The van der Waals surface area contributed by atoms with Crippen molar-refractivity contribution in [1.29, 1.82) is 0 Å². The summed E-state index contributed by atoms with van der Waals surface area (Å²) in [6.45, 7) is 2.38. The Morgan fingerprint density at radius 2 is 2.00 bits per heavy atom. The van der Waals surface area contributed by atoms with E-state index >= 15 is 0 Å². The van der Waals surface area contributed by atoms with Gasteiger partial charge in [0.1, 0.15) is 12.1 Å². The highest BCUT2D eigenvalue weighted by atomic mass is 16.1. The molecule has 0 spiro atoms. The summed E-state index contributed by atoms with van der Waals surface area (Å²) in [4.78, 5) is 21.3. The molecule has 0 aliphatic carbocycles. The molecule has 1 N–H and O–H groups in total. The molecule has 27 heavy (non-hydrogen) atoms. The van der Waals surface area contributed by atoms with Gasteiger partial charge in [-0.25, -0.2) is 9.97 Å². The fraction of sp³-hybridized carbons (Fsp3) is 0.200. The number of fused-ring (bicyclic) bond motifs is 1. The fourth-order valence-electron chi connectivity index (χ4n) is 3.08. The highest BCUT2D eigenvalue weighted by molar-refractivity contribution is 5.78. The number of para-hydroxylation sites is 2. The number of benzene rings is 1. The lowest BCUT2D eigenvalue weighted by Crippen LogP contribution is -2.26. The zero-order valence-corrected chi connectivity index (χ0v) is 15.0. The van der Waals surface area contributed by atoms with Crippen LogP contribution in [0.3, 0.4) is 0 Å². The number of nitrogens with one attached hydrogen (secondary N) is 1. The number of carbonyl (C=O) groups is 1. The molecule has 1 aromatic carbocycles. The summed E-state index contributed by atoms with van der Waals surface area (Å²) >= 11 is 0. The molecule has 1 amide bonds. The van der Waals surface area contributed by atoms with Crippen molar-refractivity contribution < 1.29 is 4.79 Å². The first-order valence-electron chi connectivity index (χ1n) is 8.84. The third-order valence-corrected chi connectivity index (χ3v) is 4.48. The summed E-state index contributed by atoms with van der Waals surface area (Å²) in [6.07, 6.45) is 7.45. The molecule has 0 saturated heterocycles. The maximum atomic E-state index is 12.3. The minimum Gasteiger partial charge on any atom is -0.352 e. The summed E-state index contributed by atoms with van der Waals surface area (Å²) < 4.78 is 3.73. The SMILES string of the molecule is C[C@H](CC(=O)NCc1cccnc1-n1cnc2ccccc21)n1cccn1. The molecule has 0 fully saturated rings. The minimum absolute atomic E-state index is 0.00552. The van der Waals surface area contributed by atoms with E-state index in [9.17, 15) is 4.79 Å². The van der Waals surface area contributed by atoms with Crippen LogP contribution in [0.5, 0.6) is 0 Å². The number of imidazole rings is 1. The van der Waals surface area contributed by atoms with Crippen LogP contribution in [0.4, 0.5) is 0 Å². The number of amides is 1. The van der Waals surface area contributed by atoms with E-state index in [-0.39, 0.29) is 11.9 Å². The van der Waals surface area contributed by atoms with Crippen LogP contribution in [0, 0.1) is 0 Å². The van der Waals surface area contributed by atoms with Crippen molar-refractivity contribution in [2.45, 2.75) is 25.9 Å². The van der Waals surface area contributed by atoms with Crippen molar-refractivity contribution in [2.24, 2.45) is 0 Å². The van der Waals surface area contributed by atoms with Crippen LogP contribution in [-0.4, -0.2) is 30.2 Å². The van der Waals surface area contributed by atoms with Crippen LogP contribution < -0.4 is 5.32 Å². The molecule has 3 aromatic heterocycles. The van der Waals surface area contributed by atoms with Crippen LogP contribution >= 0.6 is 0 Å². The Hall–Kier alpha value is -3.48. The lowest BCUT2D eigenvalue weighted by molar-refractivity contribution is -0.122. The van der Waals surface area contributed by atoms with E-state index < -0.39 is 0 Å². The van der Waals surface area contributed by atoms with Gasteiger partial charge >= 0.3 is 0 Å². The maximum absolute atomic E-state index is 12.3. The molecule has 4 rings (SSSR count). The largest absolute Gasteiger partial charge is 0.352 e. The van der Waals surface area contributed by atoms with Gasteiger partial charge in [0.15, 0.2) is 0 Å². The first-order valence-corrected chi connectivity index (χ1v) is 8.84. The van der Waals surface area contributed by atoms with Crippen LogP contribution in [0.1, 0.15) is 24.9 Å². The van der Waals surface area contributed by atoms with Gasteiger partial charge in [-0.2, -0.15) is 5.10 Å². The zero-order valence-electron chi connectivity index (χ0n) is 15.0. The number of aromatic nitrogens is 5. The van der Waals surface area contributed by atoms with Gasteiger partial charge in [-0.05, 0) is 31.2 Å². The zero-order chi connectivity index (χ0) is 18.6. The van der Waals surface area contributed by atoms with Gasteiger partial charge < -0.3 is 5.32 Å². The number of hydrogen-bond acceptors (Lipinski definition) is 4. The predicted octanol–water partition coefficient (Wildman–Crippen LogP) is 2.88. The molecule has 0 radical (unpaired) electrons. The van der Waals surface area contributed by atoms with Gasteiger partial charge in [0.05, 0.1) is 17.1 Å². The maximum Gasteiger partial charge on any atom is 0.222 e. The Morgan fingerprint density at radius 1 is 1.11 bits per heavy atom. The van der Waals surface area contributed by atoms with Gasteiger partial charge in [0.25, 0.3) is 0 Å². The fourth-order valence-corrected chi connectivity index (χ4v) is 3.08. The molecule has 0 saturated carbocycles. The highest BCUT2D eigenvalue weighted by Gasteiger charge is 2.13. The lowest BCUT2D eigenvalue weighted by Gasteiger charge is -2.14. The second-order valence-corrected chi connectivity index (χ2v) is 6.41. The van der Waals surface area contributed by atoms with E-state index in [0.717, 1.165) is 22.4 Å². The molecule has 7 nitrogen and oxygen atoms in total. The van der Waals surface area contributed by atoms with E-state index in [1.807, 2.05) is 60.2 Å². The average molecular weight is 360 g/mol. The second-order valence-electron chi connectivity index (χ2n) is 6.41. The smallest absolute Gasteiger partial charge is 0.222 e. The molecule has 0 aliphatic rings. The molecule has 3 heterocycles. The van der Waals surface area contributed by atoms with Crippen molar-refractivity contribution in [3.8, 4) is 5.82 Å². The topological polar surface area (TPSA) is 77.6 Å². The summed E-state index contributed by atoms with van der Waals surface area (Å²) in [5.74, 6) is 0.745. The average Bonchev–Trinajstić information content (AvgIpc) is 3.36. The third kappa shape index (κ3) is 3.57. The Bertz CT molecular complexity index is 1050. The molecule has 0 aliphatic heterocycles. The quantitative estimate of drug-likeness (QED) is 0.573. The number of hydrogen-bond donors (Lipinski definition) is 1. The first-order chi connectivity index (χ1) is 13.2. The molecular formula is C20H20N6O. The van der Waals surface area contributed by atoms with Gasteiger partial charge in [-0.1, -0.05) is 18.2 Å². The molecule has 136 valence electrons. The van der Waals surface area contributed by atoms with Gasteiger partial charge in [0, 0.05) is 37.1 Å². The molecule has 0 bridgehead atoms. The summed E-state index contributed by atoms with van der Waals surface area (Å²) in [5, 5.41) is 7.17. The van der Waals surface area contributed by atoms with Gasteiger partial charge in [0.2, 0.25) is 5.91 Å². The minimum atomic E-state index is -0.0247.